The van der Waals surface area contributed by atoms with Crippen molar-refractivity contribution in [2.24, 2.45) is 0 Å². The molecule has 0 saturated carbocycles. The molecule has 1 rings (SSSR count). The Morgan fingerprint density at radius 1 is 1.67 bits per heavy atom. The van der Waals surface area contributed by atoms with E-state index in [0.29, 0.717) is 0 Å². The lowest BCUT2D eigenvalue weighted by Gasteiger charge is -2.32. The van der Waals surface area contributed by atoms with Gasteiger partial charge in [-0.05, 0) is 26.7 Å². The Kier molecular flexibility index (Phi) is 2.69. The van der Waals surface area contributed by atoms with Gasteiger partial charge in [-0.2, -0.15) is 0 Å². The van der Waals surface area contributed by atoms with Crippen LogP contribution in [0.25, 0.3) is 0 Å². The van der Waals surface area contributed by atoms with Crippen molar-refractivity contribution in [2.75, 3.05) is 0 Å². The predicted octanol–water partition coefficient (Wildman–Crippen LogP) is 1.35. The Bertz CT molecular complexity index is 166. The standard InChI is InChI=1S/C8H14O4/c1-8(2)4-3-6(11-12-8)5-7(9)10/h6H,3-5H2,1-2H3,(H,9,10). The molecule has 1 fully saturated rings. The minimum atomic E-state index is -0.844. The molecule has 70 valence electrons. The van der Waals surface area contributed by atoms with Gasteiger partial charge in [0.25, 0.3) is 0 Å². The zero-order valence-corrected chi connectivity index (χ0v) is 7.37. The summed E-state index contributed by atoms with van der Waals surface area (Å²) in [6.45, 7) is 3.84. The number of hydrogen-bond acceptors (Lipinski definition) is 3. The molecule has 0 radical (unpaired) electrons. The molecule has 0 amide bonds. The molecule has 12 heavy (non-hydrogen) atoms. The van der Waals surface area contributed by atoms with Crippen LogP contribution in [0.5, 0.6) is 0 Å². The molecule has 1 aliphatic rings. The summed E-state index contributed by atoms with van der Waals surface area (Å²) in [7, 11) is 0. The summed E-state index contributed by atoms with van der Waals surface area (Å²) in [5.41, 5.74) is -0.269. The smallest absolute Gasteiger partial charge is 0.306 e. The van der Waals surface area contributed by atoms with E-state index in [1.165, 1.54) is 0 Å². The molecule has 0 aromatic heterocycles. The summed E-state index contributed by atoms with van der Waals surface area (Å²) in [4.78, 5) is 20.2. The molecule has 1 unspecified atom stereocenters. The SMILES string of the molecule is CC1(C)CCC(CC(=O)O)OO1. The van der Waals surface area contributed by atoms with E-state index in [9.17, 15) is 4.79 Å². The maximum atomic E-state index is 10.3. The molecule has 0 bridgehead atoms. The van der Waals surface area contributed by atoms with Crippen LogP contribution in [0.15, 0.2) is 0 Å². The van der Waals surface area contributed by atoms with E-state index in [4.69, 9.17) is 14.9 Å². The van der Waals surface area contributed by atoms with E-state index in [0.717, 1.165) is 12.8 Å². The number of aliphatic carboxylic acids is 1. The van der Waals surface area contributed by atoms with Crippen LogP contribution in [0, 0.1) is 0 Å². The minimum absolute atomic E-state index is 0.0239. The van der Waals surface area contributed by atoms with Crippen molar-refractivity contribution in [1.29, 1.82) is 0 Å². The van der Waals surface area contributed by atoms with Crippen LogP contribution in [-0.2, 0) is 14.6 Å². The Balaban J connectivity index is 2.31. The second-order valence-electron chi connectivity index (χ2n) is 3.70. The van der Waals surface area contributed by atoms with Gasteiger partial charge in [-0.1, -0.05) is 0 Å². The number of carbonyl (C=O) groups is 1. The minimum Gasteiger partial charge on any atom is -0.481 e. The third-order valence-corrected chi connectivity index (χ3v) is 1.88. The molecule has 0 aromatic rings. The fourth-order valence-electron chi connectivity index (χ4n) is 1.13. The highest BCUT2D eigenvalue weighted by atomic mass is 17.2. The fraction of sp³-hybridized carbons (Fsp3) is 0.875. The first-order valence-electron chi connectivity index (χ1n) is 4.06. The van der Waals surface area contributed by atoms with E-state index in [1.807, 2.05) is 13.8 Å². The average molecular weight is 174 g/mol. The van der Waals surface area contributed by atoms with Crippen LogP contribution in [-0.4, -0.2) is 22.8 Å². The van der Waals surface area contributed by atoms with Gasteiger partial charge in [-0.25, -0.2) is 9.78 Å². The summed E-state index contributed by atoms with van der Waals surface area (Å²) in [5.74, 6) is -0.844. The fourth-order valence-corrected chi connectivity index (χ4v) is 1.13. The van der Waals surface area contributed by atoms with E-state index < -0.39 is 5.97 Å². The van der Waals surface area contributed by atoms with Crippen molar-refractivity contribution < 1.29 is 19.7 Å². The number of rotatable bonds is 2. The van der Waals surface area contributed by atoms with Crippen LogP contribution in [0.4, 0.5) is 0 Å². The van der Waals surface area contributed by atoms with Gasteiger partial charge in [0.05, 0.1) is 12.0 Å². The lowest BCUT2D eigenvalue weighted by atomic mass is 9.98. The van der Waals surface area contributed by atoms with Gasteiger partial charge in [-0.15, -0.1) is 0 Å². The first kappa shape index (κ1) is 9.48. The molecule has 1 saturated heterocycles. The average Bonchev–Trinajstić information content (AvgIpc) is 1.93. The molecule has 1 N–H and O–H groups in total. The Labute approximate surface area is 71.4 Å². The van der Waals surface area contributed by atoms with Crippen LogP contribution >= 0.6 is 0 Å². The Morgan fingerprint density at radius 2 is 2.33 bits per heavy atom. The largest absolute Gasteiger partial charge is 0.481 e. The number of hydrogen-bond donors (Lipinski definition) is 1. The number of carboxylic acids is 1. The summed E-state index contributed by atoms with van der Waals surface area (Å²) >= 11 is 0. The van der Waals surface area contributed by atoms with Crippen LogP contribution in [0.2, 0.25) is 0 Å². The van der Waals surface area contributed by atoms with Gasteiger partial charge in [-0.3, -0.25) is 4.79 Å². The summed E-state index contributed by atoms with van der Waals surface area (Å²) < 4.78 is 0. The molecule has 1 aliphatic heterocycles. The zero-order valence-electron chi connectivity index (χ0n) is 7.37. The monoisotopic (exact) mass is 174 g/mol. The van der Waals surface area contributed by atoms with Gasteiger partial charge in [0.15, 0.2) is 0 Å². The normalized spacial score (nSPS) is 28.3. The molecule has 4 heteroatoms. The molecular weight excluding hydrogens is 160 g/mol. The van der Waals surface area contributed by atoms with E-state index in [2.05, 4.69) is 0 Å². The molecule has 0 aromatic carbocycles. The predicted molar refractivity (Wildman–Crippen MR) is 41.5 cm³/mol. The second-order valence-corrected chi connectivity index (χ2v) is 3.70. The van der Waals surface area contributed by atoms with E-state index in [-0.39, 0.29) is 18.1 Å². The maximum Gasteiger partial charge on any atom is 0.306 e. The summed E-state index contributed by atoms with van der Waals surface area (Å²) in [5, 5.41) is 8.46. The lowest BCUT2D eigenvalue weighted by Crippen LogP contribution is -2.35. The second kappa shape index (κ2) is 3.41. The van der Waals surface area contributed by atoms with Gasteiger partial charge < -0.3 is 5.11 Å². The van der Waals surface area contributed by atoms with Crippen molar-refractivity contribution in [3.8, 4) is 0 Å². The highest BCUT2D eigenvalue weighted by Gasteiger charge is 2.30. The van der Waals surface area contributed by atoms with Crippen LogP contribution in [0.3, 0.4) is 0 Å². The summed E-state index contributed by atoms with van der Waals surface area (Å²) in [6.07, 6.45) is 1.33. The molecule has 1 atom stereocenters. The van der Waals surface area contributed by atoms with Gasteiger partial charge >= 0.3 is 5.97 Å². The maximum absolute atomic E-state index is 10.3. The zero-order chi connectivity index (χ0) is 9.19. The van der Waals surface area contributed by atoms with Crippen LogP contribution < -0.4 is 0 Å². The van der Waals surface area contributed by atoms with E-state index >= 15 is 0 Å². The lowest BCUT2D eigenvalue weighted by molar-refractivity contribution is -0.400. The first-order valence-corrected chi connectivity index (χ1v) is 4.06. The third kappa shape index (κ3) is 2.79. The van der Waals surface area contributed by atoms with Gasteiger partial charge in [0.2, 0.25) is 0 Å². The quantitative estimate of drug-likeness (QED) is 0.642. The molecule has 0 spiro atoms. The van der Waals surface area contributed by atoms with Crippen molar-refractivity contribution >= 4 is 5.97 Å². The van der Waals surface area contributed by atoms with Gasteiger partial charge in [0.1, 0.15) is 6.10 Å². The topological polar surface area (TPSA) is 55.8 Å². The Morgan fingerprint density at radius 3 is 2.75 bits per heavy atom. The molecule has 1 heterocycles. The highest BCUT2D eigenvalue weighted by Crippen LogP contribution is 2.26. The summed E-state index contributed by atoms with van der Waals surface area (Å²) in [6, 6.07) is 0. The number of carboxylic acid groups (broad SMARTS) is 1. The van der Waals surface area contributed by atoms with Gasteiger partial charge in [0, 0.05) is 0 Å². The third-order valence-electron chi connectivity index (χ3n) is 1.88. The first-order chi connectivity index (χ1) is 5.49. The van der Waals surface area contributed by atoms with Crippen molar-refractivity contribution in [3.05, 3.63) is 0 Å². The highest BCUT2D eigenvalue weighted by molar-refractivity contribution is 5.67. The van der Waals surface area contributed by atoms with Crippen LogP contribution in [0.1, 0.15) is 33.1 Å². The Hall–Kier alpha value is -0.610. The molecule has 4 nitrogen and oxygen atoms in total. The molecule has 0 aliphatic carbocycles. The van der Waals surface area contributed by atoms with Crippen molar-refractivity contribution in [1.82, 2.24) is 0 Å². The van der Waals surface area contributed by atoms with E-state index in [1.54, 1.807) is 0 Å². The van der Waals surface area contributed by atoms with Crippen molar-refractivity contribution in [2.45, 2.75) is 44.8 Å². The molecular formula is C8H14O4. The van der Waals surface area contributed by atoms with Crippen molar-refractivity contribution in [3.63, 3.8) is 0 Å².